The standard InChI is InChI=1S/C86H66BN5/c1-85(2,3)59-45-40-55(41-46-59)57-24-22-31-64(52-57)89-75-39-23-38-74-81(75)87(69-50-44-58(53-76(69)89)56-42-47-60(48-43-56)86(4,5)6)70-51-49-65(54-77(70)88(74)61-25-10-7-11-26-61)92-73-37-21-18-34-68(73)80-83-78(66-32-16-19-35-71(66)90(83)62-27-12-8-13-28-62)82-79(84(80)92)67-33-17-20-36-72(67)91(82)63-29-14-9-15-30-63/h7-54H,1-6H3. The fraction of sp³-hybridized carbons (Fsp3) is 0.0930. The van der Waals surface area contributed by atoms with E-state index in [0.29, 0.717) is 0 Å². The van der Waals surface area contributed by atoms with Crippen LogP contribution >= 0.6 is 0 Å². The largest absolute Gasteiger partial charge is 0.311 e. The van der Waals surface area contributed by atoms with Crippen LogP contribution in [0.25, 0.3) is 105 Å². The van der Waals surface area contributed by atoms with Crippen molar-refractivity contribution in [2.45, 2.75) is 52.4 Å². The van der Waals surface area contributed by atoms with Crippen LogP contribution in [-0.2, 0) is 10.8 Å². The molecule has 16 aromatic rings. The van der Waals surface area contributed by atoms with Crippen molar-refractivity contribution in [2.24, 2.45) is 0 Å². The first-order valence-electron chi connectivity index (χ1n) is 32.4. The molecule has 438 valence electrons. The summed E-state index contributed by atoms with van der Waals surface area (Å²) in [6, 6.07) is 110. The van der Waals surface area contributed by atoms with Gasteiger partial charge in [0.2, 0.25) is 0 Å². The number of benzene rings is 13. The highest BCUT2D eigenvalue weighted by Gasteiger charge is 2.44. The molecule has 5 nitrogen and oxygen atoms in total. The van der Waals surface area contributed by atoms with Gasteiger partial charge in [-0.1, -0.05) is 236 Å². The van der Waals surface area contributed by atoms with Crippen molar-refractivity contribution >= 4 is 123 Å². The molecule has 0 bridgehead atoms. The highest BCUT2D eigenvalue weighted by atomic mass is 15.2. The molecule has 0 atom stereocenters. The van der Waals surface area contributed by atoms with E-state index in [4.69, 9.17) is 0 Å². The molecule has 13 aromatic carbocycles. The van der Waals surface area contributed by atoms with Crippen LogP contribution in [0.3, 0.4) is 0 Å². The second kappa shape index (κ2) is 20.2. The highest BCUT2D eigenvalue weighted by Crippen LogP contribution is 2.52. The van der Waals surface area contributed by atoms with Gasteiger partial charge in [-0.05, 0) is 158 Å². The van der Waals surface area contributed by atoms with Crippen LogP contribution in [0.2, 0.25) is 0 Å². The van der Waals surface area contributed by atoms with Crippen molar-refractivity contribution in [3.8, 4) is 39.3 Å². The minimum absolute atomic E-state index is 0.0410. The van der Waals surface area contributed by atoms with Gasteiger partial charge in [0.1, 0.15) is 0 Å². The number of rotatable bonds is 7. The van der Waals surface area contributed by atoms with Crippen LogP contribution in [0.15, 0.2) is 291 Å². The third-order valence-corrected chi connectivity index (χ3v) is 19.9. The lowest BCUT2D eigenvalue weighted by molar-refractivity contribution is 0.590. The Bertz CT molecular complexity index is 5570. The molecule has 5 heterocycles. The Balaban J connectivity index is 0.924. The smallest absolute Gasteiger partial charge is 0.252 e. The molecule has 2 aliphatic heterocycles. The van der Waals surface area contributed by atoms with Crippen LogP contribution < -0.4 is 26.2 Å². The summed E-state index contributed by atoms with van der Waals surface area (Å²) in [6.45, 7) is 13.6. The first-order chi connectivity index (χ1) is 45.0. The summed E-state index contributed by atoms with van der Waals surface area (Å²) in [5, 5.41) is 7.32. The minimum atomic E-state index is -0.100. The van der Waals surface area contributed by atoms with Gasteiger partial charge in [0.05, 0.1) is 33.1 Å². The van der Waals surface area contributed by atoms with Gasteiger partial charge in [-0.15, -0.1) is 0 Å². The summed E-state index contributed by atoms with van der Waals surface area (Å²) in [7, 11) is 0. The molecule has 0 radical (unpaired) electrons. The van der Waals surface area contributed by atoms with Crippen LogP contribution in [0.4, 0.5) is 34.1 Å². The van der Waals surface area contributed by atoms with Crippen molar-refractivity contribution < 1.29 is 0 Å². The van der Waals surface area contributed by atoms with Crippen LogP contribution in [0, 0.1) is 0 Å². The average molecular weight is 1180 g/mol. The summed E-state index contributed by atoms with van der Waals surface area (Å²) in [4.78, 5) is 5.10. The number of fused-ring (bicyclic) bond motifs is 16. The van der Waals surface area contributed by atoms with Crippen molar-refractivity contribution in [2.75, 3.05) is 9.80 Å². The van der Waals surface area contributed by atoms with Gasteiger partial charge in [0.15, 0.2) is 0 Å². The number of hydrogen-bond donors (Lipinski definition) is 0. The third-order valence-electron chi connectivity index (χ3n) is 19.9. The predicted octanol–water partition coefficient (Wildman–Crippen LogP) is 21.0. The summed E-state index contributed by atoms with van der Waals surface area (Å²) < 4.78 is 7.67. The topological polar surface area (TPSA) is 21.3 Å². The molecule has 0 saturated heterocycles. The highest BCUT2D eigenvalue weighted by molar-refractivity contribution is 7.00. The van der Waals surface area contributed by atoms with Gasteiger partial charge >= 0.3 is 0 Å². The SMILES string of the molecule is CC(C)(C)c1ccc(-c2cccc(N3c4cc(-c5ccc(C(C)(C)C)cc5)ccc4B4c5ccc(-n6c7ccccc7c7c8c(c9ccccc9n8-c8ccccc8)c8c(c9ccccc9n8-c8ccccc8)c76)cc5N(c5ccccc5)c5cccc3c54)c2)cc1. The molecule has 0 N–H and O–H groups in total. The van der Waals surface area contributed by atoms with E-state index in [1.54, 1.807) is 0 Å². The average Bonchev–Trinajstić information content (AvgIpc) is 1.45. The van der Waals surface area contributed by atoms with Crippen LogP contribution in [-0.4, -0.2) is 20.4 Å². The number of para-hydroxylation sites is 6. The summed E-state index contributed by atoms with van der Waals surface area (Å²) in [5.74, 6) is 0. The lowest BCUT2D eigenvalue weighted by Crippen LogP contribution is -2.61. The normalized spacial score (nSPS) is 13.0. The molecule has 2 aliphatic rings. The Morgan fingerprint density at radius 1 is 0.261 bits per heavy atom. The Labute approximate surface area is 537 Å². The van der Waals surface area contributed by atoms with Crippen LogP contribution in [0.5, 0.6) is 0 Å². The van der Waals surface area contributed by atoms with E-state index >= 15 is 0 Å². The van der Waals surface area contributed by atoms with Crippen molar-refractivity contribution in [3.05, 3.63) is 302 Å². The van der Waals surface area contributed by atoms with Gasteiger partial charge in [-0.2, -0.15) is 0 Å². The van der Waals surface area contributed by atoms with E-state index in [1.165, 1.54) is 127 Å². The van der Waals surface area contributed by atoms with Gasteiger partial charge in [0, 0.05) is 83.5 Å². The number of anilines is 6. The Morgan fingerprint density at radius 2 is 0.630 bits per heavy atom. The summed E-state index contributed by atoms with van der Waals surface area (Å²) in [6.07, 6.45) is 0. The first-order valence-corrected chi connectivity index (χ1v) is 32.4. The Hall–Kier alpha value is -11.1. The van der Waals surface area contributed by atoms with E-state index in [9.17, 15) is 0 Å². The van der Waals surface area contributed by atoms with E-state index in [-0.39, 0.29) is 17.5 Å². The zero-order valence-corrected chi connectivity index (χ0v) is 52.5. The molecular formula is C86H66BN5. The second-order valence-corrected chi connectivity index (χ2v) is 27.3. The predicted molar refractivity (Wildman–Crippen MR) is 392 cm³/mol. The van der Waals surface area contributed by atoms with Gasteiger partial charge < -0.3 is 23.5 Å². The molecule has 0 fully saturated rings. The fourth-order valence-corrected chi connectivity index (χ4v) is 15.6. The molecule has 0 amide bonds. The molecule has 0 spiro atoms. The maximum absolute atomic E-state index is 2.61. The fourth-order valence-electron chi connectivity index (χ4n) is 15.6. The van der Waals surface area contributed by atoms with Crippen molar-refractivity contribution in [1.82, 2.24) is 13.7 Å². The molecule has 3 aromatic heterocycles. The monoisotopic (exact) mass is 1180 g/mol. The van der Waals surface area contributed by atoms with Crippen LogP contribution in [0.1, 0.15) is 52.7 Å². The lowest BCUT2D eigenvalue weighted by atomic mass is 9.33. The van der Waals surface area contributed by atoms with Gasteiger partial charge in [-0.25, -0.2) is 0 Å². The maximum Gasteiger partial charge on any atom is 0.252 e. The second-order valence-electron chi connectivity index (χ2n) is 27.3. The van der Waals surface area contributed by atoms with E-state index in [0.717, 1.165) is 39.6 Å². The molecule has 92 heavy (non-hydrogen) atoms. The number of aromatic nitrogens is 3. The lowest BCUT2D eigenvalue weighted by Gasteiger charge is -2.44. The molecule has 18 rings (SSSR count). The summed E-state index contributed by atoms with van der Waals surface area (Å²) >= 11 is 0. The number of hydrogen-bond acceptors (Lipinski definition) is 2. The quantitative estimate of drug-likeness (QED) is 0.148. The van der Waals surface area contributed by atoms with Crippen molar-refractivity contribution in [1.29, 1.82) is 0 Å². The molecule has 6 heteroatoms. The van der Waals surface area contributed by atoms with E-state index in [1.807, 2.05) is 0 Å². The number of nitrogens with zero attached hydrogens (tertiary/aromatic N) is 5. The third kappa shape index (κ3) is 8.05. The first kappa shape index (κ1) is 53.9. The Morgan fingerprint density at radius 3 is 1.11 bits per heavy atom. The summed E-state index contributed by atoms with van der Waals surface area (Å²) in [5.41, 5.74) is 28.6. The minimum Gasteiger partial charge on any atom is -0.311 e. The zero-order chi connectivity index (χ0) is 61.7. The molecule has 0 saturated carbocycles. The molecular weight excluding hydrogens is 1110 g/mol. The van der Waals surface area contributed by atoms with Gasteiger partial charge in [-0.3, -0.25) is 0 Å². The van der Waals surface area contributed by atoms with Crippen molar-refractivity contribution in [3.63, 3.8) is 0 Å². The van der Waals surface area contributed by atoms with E-state index in [2.05, 4.69) is 356 Å². The van der Waals surface area contributed by atoms with E-state index < -0.39 is 0 Å². The zero-order valence-electron chi connectivity index (χ0n) is 52.5. The van der Waals surface area contributed by atoms with Gasteiger partial charge in [0.25, 0.3) is 6.71 Å². The maximum atomic E-state index is 2.61. The Kier molecular flexibility index (Phi) is 11.8. The molecule has 0 aliphatic carbocycles. The molecule has 0 unspecified atom stereocenters.